The standard InChI is InChI=1S/C5H12N2.CH4O/c6-5-1-3-7-4-2-5;1-2/h5,7H,1-4,6H2;2H,1H3. The minimum Gasteiger partial charge on any atom is -0.400 e. The van der Waals surface area contributed by atoms with E-state index in [0.717, 1.165) is 33.0 Å². The number of rotatable bonds is 0. The summed E-state index contributed by atoms with van der Waals surface area (Å²) in [6, 6.07) is 0.473. The number of hydrogen-bond acceptors (Lipinski definition) is 3. The van der Waals surface area contributed by atoms with Crippen LogP contribution in [0.4, 0.5) is 0 Å². The van der Waals surface area contributed by atoms with Crippen LogP contribution in [-0.4, -0.2) is 31.3 Å². The lowest BCUT2D eigenvalue weighted by molar-refractivity contribution is 0.399. The molecule has 1 fully saturated rings. The third-order valence-electron chi connectivity index (χ3n) is 1.38. The molecule has 1 aliphatic rings. The third-order valence-corrected chi connectivity index (χ3v) is 1.38. The molecule has 0 amide bonds. The molecule has 0 aromatic heterocycles. The van der Waals surface area contributed by atoms with Crippen LogP contribution in [0.15, 0.2) is 0 Å². The fourth-order valence-electron chi connectivity index (χ4n) is 0.844. The van der Waals surface area contributed by atoms with Gasteiger partial charge < -0.3 is 16.2 Å². The van der Waals surface area contributed by atoms with E-state index in [0.29, 0.717) is 6.04 Å². The van der Waals surface area contributed by atoms with Gasteiger partial charge in [0.25, 0.3) is 0 Å². The molecule has 0 atom stereocenters. The second-order valence-corrected chi connectivity index (χ2v) is 2.09. The Morgan fingerprint density at radius 1 is 1.33 bits per heavy atom. The SMILES string of the molecule is CO.NC1CCNCC1. The van der Waals surface area contributed by atoms with Gasteiger partial charge in [-0.15, -0.1) is 0 Å². The van der Waals surface area contributed by atoms with E-state index < -0.39 is 0 Å². The molecule has 1 aliphatic heterocycles. The van der Waals surface area contributed by atoms with Gasteiger partial charge in [-0.25, -0.2) is 0 Å². The van der Waals surface area contributed by atoms with Gasteiger partial charge in [0.2, 0.25) is 0 Å². The van der Waals surface area contributed by atoms with Crippen LogP contribution in [-0.2, 0) is 0 Å². The Bertz CT molecular complexity index is 53.0. The first kappa shape index (κ1) is 8.88. The quantitative estimate of drug-likeness (QED) is 0.409. The van der Waals surface area contributed by atoms with Gasteiger partial charge in [-0.2, -0.15) is 0 Å². The highest BCUT2D eigenvalue weighted by atomic mass is 16.2. The Hall–Kier alpha value is -0.120. The zero-order valence-electron chi connectivity index (χ0n) is 5.93. The van der Waals surface area contributed by atoms with Gasteiger partial charge in [-0.05, 0) is 25.9 Å². The van der Waals surface area contributed by atoms with Crippen molar-refractivity contribution in [1.82, 2.24) is 5.32 Å². The van der Waals surface area contributed by atoms with Gasteiger partial charge in [0.15, 0.2) is 0 Å². The second-order valence-electron chi connectivity index (χ2n) is 2.09. The molecule has 1 saturated heterocycles. The molecule has 56 valence electrons. The monoisotopic (exact) mass is 132 g/mol. The van der Waals surface area contributed by atoms with Crippen LogP contribution in [0.1, 0.15) is 12.8 Å². The Morgan fingerprint density at radius 3 is 2.00 bits per heavy atom. The van der Waals surface area contributed by atoms with Gasteiger partial charge in [0, 0.05) is 13.2 Å². The van der Waals surface area contributed by atoms with Crippen LogP contribution in [0, 0.1) is 0 Å². The molecular weight excluding hydrogens is 116 g/mol. The zero-order chi connectivity index (χ0) is 7.11. The van der Waals surface area contributed by atoms with Crippen LogP contribution in [0.5, 0.6) is 0 Å². The third kappa shape index (κ3) is 4.39. The van der Waals surface area contributed by atoms with E-state index in [4.69, 9.17) is 10.8 Å². The maximum atomic E-state index is 7.00. The van der Waals surface area contributed by atoms with Gasteiger partial charge in [-0.1, -0.05) is 0 Å². The summed E-state index contributed by atoms with van der Waals surface area (Å²) in [6.07, 6.45) is 2.31. The van der Waals surface area contributed by atoms with E-state index in [-0.39, 0.29) is 0 Å². The van der Waals surface area contributed by atoms with Gasteiger partial charge in [-0.3, -0.25) is 0 Å². The first-order chi connectivity index (χ1) is 4.39. The molecule has 0 unspecified atom stereocenters. The predicted molar refractivity (Wildman–Crippen MR) is 38.2 cm³/mol. The molecule has 3 nitrogen and oxygen atoms in total. The molecule has 0 aromatic carbocycles. The number of nitrogens with two attached hydrogens (primary N) is 1. The topological polar surface area (TPSA) is 58.3 Å². The Kier molecular flexibility index (Phi) is 5.93. The first-order valence-electron chi connectivity index (χ1n) is 3.30. The van der Waals surface area contributed by atoms with Crippen LogP contribution in [0.2, 0.25) is 0 Å². The van der Waals surface area contributed by atoms with E-state index in [1.165, 1.54) is 0 Å². The van der Waals surface area contributed by atoms with Gasteiger partial charge >= 0.3 is 0 Å². The first-order valence-corrected chi connectivity index (χ1v) is 3.30. The molecule has 1 heterocycles. The van der Waals surface area contributed by atoms with Gasteiger partial charge in [0.05, 0.1) is 0 Å². The summed E-state index contributed by atoms with van der Waals surface area (Å²) in [6.45, 7) is 2.22. The minimum atomic E-state index is 0.473. The molecule has 0 bridgehead atoms. The molecule has 3 heteroatoms. The lowest BCUT2D eigenvalue weighted by atomic mass is 10.1. The van der Waals surface area contributed by atoms with Crippen molar-refractivity contribution < 1.29 is 5.11 Å². The van der Waals surface area contributed by atoms with Crippen molar-refractivity contribution in [2.75, 3.05) is 20.2 Å². The Morgan fingerprint density at radius 2 is 1.78 bits per heavy atom. The maximum Gasteiger partial charge on any atom is 0.0319 e. The lowest BCUT2D eigenvalue weighted by Gasteiger charge is -2.17. The van der Waals surface area contributed by atoms with E-state index in [9.17, 15) is 0 Å². The molecule has 0 aliphatic carbocycles. The normalized spacial score (nSPS) is 20.3. The number of hydrogen-bond donors (Lipinski definition) is 3. The van der Waals surface area contributed by atoms with Crippen molar-refractivity contribution in [3.8, 4) is 0 Å². The lowest BCUT2D eigenvalue weighted by Crippen LogP contribution is -2.35. The van der Waals surface area contributed by atoms with Crippen LogP contribution >= 0.6 is 0 Å². The van der Waals surface area contributed by atoms with Gasteiger partial charge in [0.1, 0.15) is 0 Å². The number of piperidine rings is 1. The van der Waals surface area contributed by atoms with Crippen LogP contribution < -0.4 is 11.1 Å². The smallest absolute Gasteiger partial charge is 0.0319 e. The van der Waals surface area contributed by atoms with E-state index >= 15 is 0 Å². The number of aliphatic hydroxyl groups is 1. The molecule has 0 saturated carbocycles. The fourth-order valence-corrected chi connectivity index (χ4v) is 0.844. The Labute approximate surface area is 56.2 Å². The zero-order valence-corrected chi connectivity index (χ0v) is 5.93. The van der Waals surface area contributed by atoms with Crippen molar-refractivity contribution in [3.63, 3.8) is 0 Å². The fraction of sp³-hybridized carbons (Fsp3) is 1.00. The van der Waals surface area contributed by atoms with E-state index in [1.54, 1.807) is 0 Å². The predicted octanol–water partition coefficient (Wildman–Crippen LogP) is -0.694. The molecule has 0 spiro atoms. The molecular formula is C6H16N2O. The second kappa shape index (κ2) is 6.01. The van der Waals surface area contributed by atoms with Crippen molar-refractivity contribution in [2.45, 2.75) is 18.9 Å². The summed E-state index contributed by atoms with van der Waals surface area (Å²) in [5.74, 6) is 0. The van der Waals surface area contributed by atoms with Crippen LogP contribution in [0.3, 0.4) is 0 Å². The van der Waals surface area contributed by atoms with E-state index in [2.05, 4.69) is 5.32 Å². The Balaban J connectivity index is 0.000000291. The highest BCUT2D eigenvalue weighted by molar-refractivity contribution is 4.69. The molecule has 0 radical (unpaired) electrons. The summed E-state index contributed by atoms with van der Waals surface area (Å²) in [5, 5.41) is 10.2. The van der Waals surface area contributed by atoms with Crippen molar-refractivity contribution in [3.05, 3.63) is 0 Å². The average Bonchev–Trinajstić information content (AvgIpc) is 1.94. The number of nitrogens with one attached hydrogen (secondary N) is 1. The van der Waals surface area contributed by atoms with Crippen molar-refractivity contribution >= 4 is 0 Å². The van der Waals surface area contributed by atoms with Crippen molar-refractivity contribution in [1.29, 1.82) is 0 Å². The summed E-state index contributed by atoms with van der Waals surface area (Å²) >= 11 is 0. The summed E-state index contributed by atoms with van der Waals surface area (Å²) in [5.41, 5.74) is 5.59. The summed E-state index contributed by atoms with van der Waals surface area (Å²) < 4.78 is 0. The molecule has 1 rings (SSSR count). The molecule has 9 heavy (non-hydrogen) atoms. The molecule has 0 aromatic rings. The summed E-state index contributed by atoms with van der Waals surface area (Å²) in [4.78, 5) is 0. The van der Waals surface area contributed by atoms with Crippen LogP contribution in [0.25, 0.3) is 0 Å². The largest absolute Gasteiger partial charge is 0.400 e. The minimum absolute atomic E-state index is 0.473. The molecule has 4 N–H and O–H groups in total. The highest BCUT2D eigenvalue weighted by Gasteiger charge is 2.05. The van der Waals surface area contributed by atoms with E-state index in [1.807, 2.05) is 0 Å². The van der Waals surface area contributed by atoms with Crippen molar-refractivity contribution in [2.24, 2.45) is 5.73 Å². The average molecular weight is 132 g/mol. The number of aliphatic hydroxyl groups excluding tert-OH is 1. The highest BCUT2D eigenvalue weighted by Crippen LogP contribution is 1.96. The maximum absolute atomic E-state index is 7.00. The summed E-state index contributed by atoms with van der Waals surface area (Å²) in [7, 11) is 1.00.